The van der Waals surface area contributed by atoms with Gasteiger partial charge in [-0.2, -0.15) is 0 Å². The van der Waals surface area contributed by atoms with Crippen molar-refractivity contribution in [3.05, 3.63) is 69.2 Å². The van der Waals surface area contributed by atoms with Crippen LogP contribution in [0.15, 0.2) is 40.9 Å². The van der Waals surface area contributed by atoms with Gasteiger partial charge in [0.2, 0.25) is 0 Å². The van der Waals surface area contributed by atoms with Crippen LogP contribution < -0.4 is 0 Å². The van der Waals surface area contributed by atoms with E-state index in [1.165, 1.54) is 12.1 Å². The van der Waals surface area contributed by atoms with E-state index in [0.29, 0.717) is 5.56 Å². The van der Waals surface area contributed by atoms with E-state index >= 15 is 0 Å². The van der Waals surface area contributed by atoms with Gasteiger partial charge in [0.05, 0.1) is 6.10 Å². The molecule has 0 fully saturated rings. The summed E-state index contributed by atoms with van der Waals surface area (Å²) in [5, 5.41) is 10.2. The standard InChI is InChI=1S/C15H13BrF2O/c1-9-13(3-2-4-14(9)16)15(19)7-10-5-11(17)8-12(18)6-10/h2-6,8,15,19H,7H2,1H3. The summed E-state index contributed by atoms with van der Waals surface area (Å²) < 4.78 is 27.1. The summed E-state index contributed by atoms with van der Waals surface area (Å²) in [6.45, 7) is 1.88. The molecule has 4 heteroatoms. The molecule has 19 heavy (non-hydrogen) atoms. The smallest absolute Gasteiger partial charge is 0.126 e. The highest BCUT2D eigenvalue weighted by Gasteiger charge is 2.13. The van der Waals surface area contributed by atoms with Gasteiger partial charge < -0.3 is 5.11 Å². The molecule has 0 aromatic heterocycles. The van der Waals surface area contributed by atoms with Crippen LogP contribution in [0.3, 0.4) is 0 Å². The molecule has 0 aliphatic heterocycles. The van der Waals surface area contributed by atoms with Crippen LogP contribution in [0, 0.1) is 18.6 Å². The van der Waals surface area contributed by atoms with Crippen molar-refractivity contribution in [1.29, 1.82) is 0 Å². The Balaban J connectivity index is 2.25. The molecule has 0 saturated heterocycles. The fourth-order valence-corrected chi connectivity index (χ4v) is 2.43. The molecule has 0 aliphatic carbocycles. The van der Waals surface area contributed by atoms with E-state index in [-0.39, 0.29) is 6.42 Å². The van der Waals surface area contributed by atoms with Crippen LogP contribution in [-0.2, 0) is 6.42 Å². The molecular formula is C15H13BrF2O. The van der Waals surface area contributed by atoms with Gasteiger partial charge in [-0.25, -0.2) is 8.78 Å². The molecule has 2 aromatic rings. The summed E-state index contributed by atoms with van der Waals surface area (Å²) in [6, 6.07) is 8.80. The molecular weight excluding hydrogens is 314 g/mol. The molecule has 0 saturated carbocycles. The van der Waals surface area contributed by atoms with Crippen LogP contribution in [0.1, 0.15) is 22.8 Å². The van der Waals surface area contributed by atoms with E-state index in [9.17, 15) is 13.9 Å². The Morgan fingerprint density at radius 2 is 1.79 bits per heavy atom. The molecule has 0 heterocycles. The van der Waals surface area contributed by atoms with Crippen LogP contribution in [-0.4, -0.2) is 5.11 Å². The summed E-state index contributed by atoms with van der Waals surface area (Å²) in [7, 11) is 0. The Kier molecular flexibility index (Phi) is 4.32. The van der Waals surface area contributed by atoms with Crippen molar-refractivity contribution in [2.75, 3.05) is 0 Å². The van der Waals surface area contributed by atoms with Crippen LogP contribution in [0.4, 0.5) is 8.78 Å². The monoisotopic (exact) mass is 326 g/mol. The molecule has 2 rings (SSSR count). The van der Waals surface area contributed by atoms with Crippen LogP contribution >= 0.6 is 15.9 Å². The SMILES string of the molecule is Cc1c(Br)cccc1C(O)Cc1cc(F)cc(F)c1. The maximum atomic E-state index is 13.1. The normalized spacial score (nSPS) is 12.5. The lowest BCUT2D eigenvalue weighted by Gasteiger charge is -2.15. The summed E-state index contributed by atoms with van der Waals surface area (Å²) >= 11 is 3.39. The Labute approximate surface area is 119 Å². The molecule has 100 valence electrons. The van der Waals surface area contributed by atoms with Gasteiger partial charge >= 0.3 is 0 Å². The Morgan fingerprint density at radius 3 is 2.42 bits per heavy atom. The van der Waals surface area contributed by atoms with Crippen LogP contribution in [0.25, 0.3) is 0 Å². The topological polar surface area (TPSA) is 20.2 Å². The van der Waals surface area contributed by atoms with Gasteiger partial charge in [0.1, 0.15) is 11.6 Å². The van der Waals surface area contributed by atoms with E-state index in [1.807, 2.05) is 19.1 Å². The zero-order chi connectivity index (χ0) is 14.0. The molecule has 1 nitrogen and oxygen atoms in total. The van der Waals surface area contributed by atoms with Crippen LogP contribution in [0.5, 0.6) is 0 Å². The predicted molar refractivity (Wildman–Crippen MR) is 73.9 cm³/mol. The Hall–Kier alpha value is -1.26. The summed E-state index contributed by atoms with van der Waals surface area (Å²) in [5.74, 6) is -1.26. The minimum absolute atomic E-state index is 0.173. The molecule has 0 radical (unpaired) electrons. The molecule has 1 N–H and O–H groups in total. The van der Waals surface area contributed by atoms with E-state index < -0.39 is 17.7 Å². The molecule has 0 amide bonds. The minimum Gasteiger partial charge on any atom is -0.388 e. The van der Waals surface area contributed by atoms with E-state index in [1.54, 1.807) is 6.07 Å². The van der Waals surface area contributed by atoms with Gasteiger partial charge in [0.25, 0.3) is 0 Å². The first kappa shape index (κ1) is 14.2. The number of aliphatic hydroxyl groups excluding tert-OH is 1. The van der Waals surface area contributed by atoms with E-state index in [2.05, 4.69) is 15.9 Å². The van der Waals surface area contributed by atoms with Crippen molar-refractivity contribution in [1.82, 2.24) is 0 Å². The van der Waals surface area contributed by atoms with Crippen molar-refractivity contribution < 1.29 is 13.9 Å². The second-order valence-electron chi connectivity index (χ2n) is 4.45. The second kappa shape index (κ2) is 5.80. The van der Waals surface area contributed by atoms with Gasteiger partial charge in [-0.05, 0) is 41.8 Å². The number of benzene rings is 2. The molecule has 0 aliphatic rings. The van der Waals surface area contributed by atoms with Gasteiger partial charge in [-0.15, -0.1) is 0 Å². The van der Waals surface area contributed by atoms with Crippen molar-refractivity contribution in [2.24, 2.45) is 0 Å². The largest absolute Gasteiger partial charge is 0.388 e. The van der Waals surface area contributed by atoms with Crippen molar-refractivity contribution >= 4 is 15.9 Å². The second-order valence-corrected chi connectivity index (χ2v) is 5.31. The first-order valence-corrected chi connectivity index (χ1v) is 6.64. The minimum atomic E-state index is -0.793. The molecule has 0 spiro atoms. The number of rotatable bonds is 3. The highest BCUT2D eigenvalue weighted by Crippen LogP contribution is 2.27. The molecule has 0 bridgehead atoms. The lowest BCUT2D eigenvalue weighted by molar-refractivity contribution is 0.177. The van der Waals surface area contributed by atoms with Gasteiger partial charge in [-0.3, -0.25) is 0 Å². The fourth-order valence-electron chi connectivity index (χ4n) is 2.05. The molecule has 1 atom stereocenters. The third-order valence-electron chi connectivity index (χ3n) is 3.02. The molecule has 2 aromatic carbocycles. The lowest BCUT2D eigenvalue weighted by atomic mass is 9.98. The fraction of sp³-hybridized carbons (Fsp3) is 0.200. The van der Waals surface area contributed by atoms with Crippen molar-refractivity contribution in [2.45, 2.75) is 19.4 Å². The van der Waals surface area contributed by atoms with Gasteiger partial charge in [0, 0.05) is 17.0 Å². The van der Waals surface area contributed by atoms with E-state index in [0.717, 1.165) is 21.7 Å². The third-order valence-corrected chi connectivity index (χ3v) is 3.88. The van der Waals surface area contributed by atoms with Gasteiger partial charge in [0.15, 0.2) is 0 Å². The first-order valence-electron chi connectivity index (χ1n) is 5.85. The van der Waals surface area contributed by atoms with Crippen molar-refractivity contribution in [3.63, 3.8) is 0 Å². The van der Waals surface area contributed by atoms with Gasteiger partial charge in [-0.1, -0.05) is 28.1 Å². The highest BCUT2D eigenvalue weighted by molar-refractivity contribution is 9.10. The summed E-state index contributed by atoms with van der Waals surface area (Å²) in [5.41, 5.74) is 2.11. The van der Waals surface area contributed by atoms with Crippen LogP contribution in [0.2, 0.25) is 0 Å². The predicted octanol–water partition coefficient (Wildman–Crippen LogP) is 4.31. The average Bonchev–Trinajstić information content (AvgIpc) is 2.31. The number of hydrogen-bond acceptors (Lipinski definition) is 1. The Bertz CT molecular complexity index is 578. The highest BCUT2D eigenvalue weighted by atomic mass is 79.9. The third kappa shape index (κ3) is 3.39. The summed E-state index contributed by atoms with van der Waals surface area (Å²) in [4.78, 5) is 0. The van der Waals surface area contributed by atoms with Crippen molar-refractivity contribution in [3.8, 4) is 0 Å². The number of aliphatic hydroxyl groups is 1. The quantitative estimate of drug-likeness (QED) is 0.891. The maximum Gasteiger partial charge on any atom is 0.126 e. The zero-order valence-electron chi connectivity index (χ0n) is 10.3. The first-order chi connectivity index (χ1) is 8.97. The number of hydrogen-bond donors (Lipinski definition) is 1. The lowest BCUT2D eigenvalue weighted by Crippen LogP contribution is -2.05. The number of halogens is 3. The Morgan fingerprint density at radius 1 is 1.16 bits per heavy atom. The molecule has 1 unspecified atom stereocenters. The average molecular weight is 327 g/mol. The zero-order valence-corrected chi connectivity index (χ0v) is 11.9. The maximum absolute atomic E-state index is 13.1. The summed E-state index contributed by atoms with van der Waals surface area (Å²) in [6.07, 6.45) is -0.620. The van der Waals surface area contributed by atoms with E-state index in [4.69, 9.17) is 0 Å².